The van der Waals surface area contributed by atoms with Crippen molar-refractivity contribution < 1.29 is 9.84 Å². The van der Waals surface area contributed by atoms with Crippen LogP contribution in [0.1, 0.15) is 20.3 Å². The zero-order valence-electron chi connectivity index (χ0n) is 5.85. The van der Waals surface area contributed by atoms with Gasteiger partial charge in [-0.1, -0.05) is 0 Å². The molecule has 0 saturated carbocycles. The molecule has 2 nitrogen and oxygen atoms in total. The Hall–Kier alpha value is -0.500. The lowest BCUT2D eigenvalue weighted by molar-refractivity contribution is 0.0569. The molecule has 1 unspecified atom stereocenters. The SMILES string of the molecule is CC1=C(O)CC(C)OC1. The highest BCUT2D eigenvalue weighted by Gasteiger charge is 2.13. The van der Waals surface area contributed by atoms with Gasteiger partial charge in [-0.2, -0.15) is 0 Å². The van der Waals surface area contributed by atoms with Gasteiger partial charge >= 0.3 is 0 Å². The van der Waals surface area contributed by atoms with E-state index >= 15 is 0 Å². The van der Waals surface area contributed by atoms with Gasteiger partial charge in [0.15, 0.2) is 0 Å². The summed E-state index contributed by atoms with van der Waals surface area (Å²) in [6.45, 7) is 4.44. The van der Waals surface area contributed by atoms with E-state index in [0.29, 0.717) is 18.8 Å². The van der Waals surface area contributed by atoms with Crippen LogP contribution in [0.15, 0.2) is 11.3 Å². The van der Waals surface area contributed by atoms with Crippen molar-refractivity contribution in [1.82, 2.24) is 0 Å². The van der Waals surface area contributed by atoms with Crippen LogP contribution < -0.4 is 0 Å². The van der Waals surface area contributed by atoms with Crippen molar-refractivity contribution in [2.45, 2.75) is 26.4 Å². The molecule has 0 amide bonds. The van der Waals surface area contributed by atoms with Gasteiger partial charge in [0.05, 0.1) is 18.5 Å². The predicted molar refractivity (Wildman–Crippen MR) is 35.4 cm³/mol. The van der Waals surface area contributed by atoms with E-state index < -0.39 is 0 Å². The summed E-state index contributed by atoms with van der Waals surface area (Å²) in [5.74, 6) is 0.508. The molecule has 1 aliphatic heterocycles. The fourth-order valence-corrected chi connectivity index (χ4v) is 0.856. The molecular weight excluding hydrogens is 116 g/mol. The Bertz CT molecular complexity index is 138. The van der Waals surface area contributed by atoms with Crippen LogP contribution in [0.5, 0.6) is 0 Å². The van der Waals surface area contributed by atoms with Crippen molar-refractivity contribution in [2.24, 2.45) is 0 Å². The van der Waals surface area contributed by atoms with Gasteiger partial charge in [-0.05, 0) is 19.4 Å². The molecule has 1 atom stereocenters. The number of hydrogen-bond donors (Lipinski definition) is 1. The molecule has 0 aliphatic carbocycles. The minimum Gasteiger partial charge on any atom is -0.512 e. The second-order valence-corrected chi connectivity index (χ2v) is 2.55. The number of hydrogen-bond acceptors (Lipinski definition) is 2. The zero-order valence-corrected chi connectivity index (χ0v) is 5.85. The third kappa shape index (κ3) is 1.45. The summed E-state index contributed by atoms with van der Waals surface area (Å²) in [6, 6.07) is 0. The third-order valence-electron chi connectivity index (χ3n) is 1.56. The molecule has 9 heavy (non-hydrogen) atoms. The van der Waals surface area contributed by atoms with E-state index in [1.54, 1.807) is 0 Å². The molecule has 0 bridgehead atoms. The molecule has 2 heteroatoms. The Morgan fingerprint density at radius 1 is 1.67 bits per heavy atom. The molecule has 0 spiro atoms. The zero-order chi connectivity index (χ0) is 6.85. The lowest BCUT2D eigenvalue weighted by Crippen LogP contribution is -2.17. The van der Waals surface area contributed by atoms with Crippen molar-refractivity contribution in [2.75, 3.05) is 6.61 Å². The fraction of sp³-hybridized carbons (Fsp3) is 0.714. The average molecular weight is 128 g/mol. The van der Waals surface area contributed by atoms with E-state index in [-0.39, 0.29) is 6.10 Å². The summed E-state index contributed by atoms with van der Waals surface area (Å²) < 4.78 is 5.24. The van der Waals surface area contributed by atoms with Crippen molar-refractivity contribution in [1.29, 1.82) is 0 Å². The van der Waals surface area contributed by atoms with Crippen molar-refractivity contribution in [3.8, 4) is 0 Å². The molecule has 1 rings (SSSR count). The molecule has 1 N–H and O–H groups in total. The minimum atomic E-state index is 0.189. The van der Waals surface area contributed by atoms with Gasteiger partial charge in [0, 0.05) is 6.42 Å². The smallest absolute Gasteiger partial charge is 0.0960 e. The van der Waals surface area contributed by atoms with E-state index in [1.807, 2.05) is 13.8 Å². The summed E-state index contributed by atoms with van der Waals surface area (Å²) in [5, 5.41) is 9.15. The lowest BCUT2D eigenvalue weighted by Gasteiger charge is -2.19. The molecule has 0 radical (unpaired) electrons. The quantitative estimate of drug-likeness (QED) is 0.537. The Morgan fingerprint density at radius 2 is 2.33 bits per heavy atom. The lowest BCUT2D eigenvalue weighted by atomic mass is 10.1. The van der Waals surface area contributed by atoms with Crippen LogP contribution in [0.25, 0.3) is 0 Å². The highest BCUT2D eigenvalue weighted by molar-refractivity contribution is 5.08. The minimum absolute atomic E-state index is 0.189. The van der Waals surface area contributed by atoms with Gasteiger partial charge in [0.1, 0.15) is 0 Å². The predicted octanol–water partition coefficient (Wildman–Crippen LogP) is 1.63. The first kappa shape index (κ1) is 6.62. The standard InChI is InChI=1S/C7H12O2/c1-5-4-9-6(2)3-7(5)8/h6,8H,3-4H2,1-2H3. The average Bonchev–Trinajstić information content (AvgIpc) is 1.80. The van der Waals surface area contributed by atoms with E-state index in [1.165, 1.54) is 0 Å². The Balaban J connectivity index is 2.61. The molecule has 0 aromatic carbocycles. The van der Waals surface area contributed by atoms with Gasteiger partial charge in [-0.3, -0.25) is 0 Å². The molecule has 0 fully saturated rings. The first-order valence-corrected chi connectivity index (χ1v) is 3.19. The van der Waals surface area contributed by atoms with Crippen molar-refractivity contribution in [3.05, 3.63) is 11.3 Å². The highest BCUT2D eigenvalue weighted by atomic mass is 16.5. The molecule has 1 heterocycles. The Labute approximate surface area is 55.1 Å². The molecular formula is C7H12O2. The number of rotatable bonds is 0. The largest absolute Gasteiger partial charge is 0.512 e. The van der Waals surface area contributed by atoms with Crippen LogP contribution in [0.2, 0.25) is 0 Å². The number of aliphatic hydroxyl groups is 1. The Morgan fingerprint density at radius 3 is 2.78 bits per heavy atom. The second-order valence-electron chi connectivity index (χ2n) is 2.55. The summed E-state index contributed by atoms with van der Waals surface area (Å²) in [7, 11) is 0. The van der Waals surface area contributed by atoms with Crippen molar-refractivity contribution in [3.63, 3.8) is 0 Å². The monoisotopic (exact) mass is 128 g/mol. The number of ether oxygens (including phenoxy) is 1. The van der Waals surface area contributed by atoms with Crippen LogP contribution in [0, 0.1) is 0 Å². The summed E-state index contributed by atoms with van der Waals surface area (Å²) in [4.78, 5) is 0. The summed E-state index contributed by atoms with van der Waals surface area (Å²) in [6.07, 6.45) is 0.861. The van der Waals surface area contributed by atoms with Gasteiger partial charge in [0.2, 0.25) is 0 Å². The molecule has 1 aliphatic rings. The highest BCUT2D eigenvalue weighted by Crippen LogP contribution is 2.16. The van der Waals surface area contributed by atoms with Crippen LogP contribution in [0.4, 0.5) is 0 Å². The van der Waals surface area contributed by atoms with Crippen molar-refractivity contribution >= 4 is 0 Å². The van der Waals surface area contributed by atoms with Crippen LogP contribution in [0.3, 0.4) is 0 Å². The first-order valence-electron chi connectivity index (χ1n) is 3.19. The van der Waals surface area contributed by atoms with Gasteiger partial charge < -0.3 is 9.84 Å². The molecule has 0 aromatic heterocycles. The topological polar surface area (TPSA) is 29.5 Å². The van der Waals surface area contributed by atoms with Gasteiger partial charge in [-0.25, -0.2) is 0 Å². The Kier molecular flexibility index (Phi) is 1.76. The molecule has 52 valence electrons. The molecule has 0 saturated heterocycles. The fourth-order valence-electron chi connectivity index (χ4n) is 0.856. The van der Waals surface area contributed by atoms with Crippen LogP contribution in [-0.4, -0.2) is 17.8 Å². The maximum Gasteiger partial charge on any atom is 0.0960 e. The maximum absolute atomic E-state index is 9.15. The summed E-state index contributed by atoms with van der Waals surface area (Å²) in [5.41, 5.74) is 0.966. The third-order valence-corrected chi connectivity index (χ3v) is 1.56. The van der Waals surface area contributed by atoms with E-state index in [0.717, 1.165) is 5.57 Å². The molecule has 0 aromatic rings. The van der Waals surface area contributed by atoms with Gasteiger partial charge in [-0.15, -0.1) is 0 Å². The number of aliphatic hydroxyl groups excluding tert-OH is 1. The van der Waals surface area contributed by atoms with E-state index in [4.69, 9.17) is 9.84 Å². The van der Waals surface area contributed by atoms with Crippen LogP contribution >= 0.6 is 0 Å². The maximum atomic E-state index is 9.15. The van der Waals surface area contributed by atoms with E-state index in [9.17, 15) is 0 Å². The second kappa shape index (κ2) is 2.40. The van der Waals surface area contributed by atoms with Crippen LogP contribution in [-0.2, 0) is 4.74 Å². The first-order chi connectivity index (χ1) is 4.20. The van der Waals surface area contributed by atoms with Gasteiger partial charge in [0.25, 0.3) is 0 Å². The normalized spacial score (nSPS) is 28.9. The van der Waals surface area contributed by atoms with E-state index in [2.05, 4.69) is 0 Å². The summed E-state index contributed by atoms with van der Waals surface area (Å²) >= 11 is 0.